The fraction of sp³-hybridized carbons (Fsp3) is 0.471. The van der Waals surface area contributed by atoms with Crippen molar-refractivity contribution in [1.29, 1.82) is 0 Å². The highest BCUT2D eigenvalue weighted by molar-refractivity contribution is 5.82. The Hall–Kier alpha value is -1.45. The lowest BCUT2D eigenvalue weighted by Crippen LogP contribution is -2.36. The van der Waals surface area contributed by atoms with Crippen molar-refractivity contribution in [2.45, 2.75) is 27.3 Å². The Morgan fingerprint density at radius 2 is 1.95 bits per heavy atom. The summed E-state index contributed by atoms with van der Waals surface area (Å²) in [4.78, 5) is 6.94. The van der Waals surface area contributed by atoms with Crippen molar-refractivity contribution in [2.24, 2.45) is 11.1 Å². The molecule has 0 unspecified atom stereocenters. The van der Waals surface area contributed by atoms with Gasteiger partial charge in [-0.2, -0.15) is 0 Å². The Balaban J connectivity index is 2.25. The maximum Gasteiger partial charge on any atom is 0.0708 e. The number of hydrogen-bond donors (Lipinski definition) is 1. The topological polar surface area (TPSA) is 42.1 Å². The molecule has 2 rings (SSSR count). The molecule has 0 aliphatic carbocycles. The molecule has 0 spiro atoms. The Kier molecular flexibility index (Phi) is 4.41. The van der Waals surface area contributed by atoms with Gasteiger partial charge in [-0.15, -0.1) is 0 Å². The summed E-state index contributed by atoms with van der Waals surface area (Å²) in [6.07, 6.45) is 0. The monoisotopic (exact) mass is 271 g/mol. The minimum atomic E-state index is 0.145. The molecular formula is C17H25N3. The molecular weight excluding hydrogens is 246 g/mol. The first kappa shape index (κ1) is 14.9. The molecule has 3 heteroatoms. The molecule has 108 valence electrons. The summed E-state index contributed by atoms with van der Waals surface area (Å²) in [7, 11) is 2.15. The summed E-state index contributed by atoms with van der Waals surface area (Å²) in [5, 5.41) is 1.25. The van der Waals surface area contributed by atoms with Crippen molar-refractivity contribution in [3.63, 3.8) is 0 Å². The fourth-order valence-corrected chi connectivity index (χ4v) is 2.67. The number of fused-ring (bicyclic) bond motifs is 1. The molecule has 1 heterocycles. The van der Waals surface area contributed by atoms with Gasteiger partial charge in [0.25, 0.3) is 0 Å². The SMILES string of the molecule is Cc1cc(CN(C)CC(C)(C)CN)c2ccccc2n1. The largest absolute Gasteiger partial charge is 0.330 e. The molecule has 0 saturated carbocycles. The highest BCUT2D eigenvalue weighted by atomic mass is 15.1. The van der Waals surface area contributed by atoms with Crippen LogP contribution >= 0.6 is 0 Å². The van der Waals surface area contributed by atoms with Crippen LogP contribution in [0.15, 0.2) is 30.3 Å². The quantitative estimate of drug-likeness (QED) is 0.909. The van der Waals surface area contributed by atoms with Crippen LogP contribution in [0.3, 0.4) is 0 Å². The molecule has 0 aliphatic rings. The van der Waals surface area contributed by atoms with Crippen molar-refractivity contribution in [1.82, 2.24) is 9.88 Å². The number of hydrogen-bond acceptors (Lipinski definition) is 3. The van der Waals surface area contributed by atoms with Gasteiger partial charge in [-0.3, -0.25) is 4.98 Å². The van der Waals surface area contributed by atoms with E-state index in [4.69, 9.17) is 5.73 Å². The zero-order chi connectivity index (χ0) is 14.8. The number of nitrogens with two attached hydrogens (primary N) is 1. The first-order valence-electron chi connectivity index (χ1n) is 7.15. The van der Waals surface area contributed by atoms with Crippen LogP contribution in [0.25, 0.3) is 10.9 Å². The number of benzene rings is 1. The summed E-state index contributed by atoms with van der Waals surface area (Å²) < 4.78 is 0. The molecule has 2 aromatic rings. The van der Waals surface area contributed by atoms with Crippen LogP contribution in [0, 0.1) is 12.3 Å². The van der Waals surface area contributed by atoms with E-state index in [0.29, 0.717) is 6.54 Å². The van der Waals surface area contributed by atoms with Crippen molar-refractivity contribution in [3.05, 3.63) is 41.6 Å². The zero-order valence-electron chi connectivity index (χ0n) is 13.0. The molecule has 0 atom stereocenters. The average molecular weight is 271 g/mol. The van der Waals surface area contributed by atoms with Gasteiger partial charge in [0.2, 0.25) is 0 Å². The van der Waals surface area contributed by atoms with Gasteiger partial charge < -0.3 is 10.6 Å². The van der Waals surface area contributed by atoms with Gasteiger partial charge in [0.15, 0.2) is 0 Å². The lowest BCUT2D eigenvalue weighted by Gasteiger charge is -2.29. The van der Waals surface area contributed by atoms with Gasteiger partial charge in [0, 0.05) is 24.2 Å². The Labute approximate surface area is 121 Å². The summed E-state index contributed by atoms with van der Waals surface area (Å²) in [6, 6.07) is 10.5. The predicted molar refractivity (Wildman–Crippen MR) is 85.6 cm³/mol. The van der Waals surface area contributed by atoms with E-state index in [1.807, 2.05) is 6.07 Å². The van der Waals surface area contributed by atoms with E-state index in [0.717, 1.165) is 24.3 Å². The summed E-state index contributed by atoms with van der Waals surface area (Å²) in [6.45, 7) is 9.08. The smallest absolute Gasteiger partial charge is 0.0708 e. The van der Waals surface area contributed by atoms with Crippen molar-refractivity contribution >= 4 is 10.9 Å². The van der Waals surface area contributed by atoms with E-state index in [1.54, 1.807) is 0 Å². The van der Waals surface area contributed by atoms with E-state index in [1.165, 1.54) is 10.9 Å². The minimum absolute atomic E-state index is 0.145. The van der Waals surface area contributed by atoms with Crippen LogP contribution in [-0.4, -0.2) is 30.0 Å². The number of aromatic nitrogens is 1. The minimum Gasteiger partial charge on any atom is -0.330 e. The standard InChI is InChI=1S/C17H25N3/c1-13-9-14(10-20(4)12-17(2,3)11-18)15-7-5-6-8-16(15)19-13/h5-9H,10-12,18H2,1-4H3. The average Bonchev–Trinajstić information content (AvgIpc) is 2.37. The second kappa shape index (κ2) is 5.90. The molecule has 0 amide bonds. The van der Waals surface area contributed by atoms with Gasteiger partial charge in [0.05, 0.1) is 5.52 Å². The summed E-state index contributed by atoms with van der Waals surface area (Å²) in [5.41, 5.74) is 9.46. The maximum atomic E-state index is 5.83. The van der Waals surface area contributed by atoms with Crippen molar-refractivity contribution < 1.29 is 0 Å². The molecule has 0 bridgehead atoms. The number of nitrogens with zero attached hydrogens (tertiary/aromatic N) is 2. The van der Waals surface area contributed by atoms with Crippen molar-refractivity contribution in [2.75, 3.05) is 20.1 Å². The van der Waals surface area contributed by atoms with Gasteiger partial charge >= 0.3 is 0 Å². The molecule has 0 saturated heterocycles. The highest BCUT2D eigenvalue weighted by Crippen LogP contribution is 2.21. The first-order chi connectivity index (χ1) is 9.41. The second-order valence-electron chi connectivity index (χ2n) is 6.48. The van der Waals surface area contributed by atoms with Crippen LogP contribution in [0.1, 0.15) is 25.1 Å². The third-order valence-electron chi connectivity index (χ3n) is 3.62. The summed E-state index contributed by atoms with van der Waals surface area (Å²) in [5.74, 6) is 0. The molecule has 20 heavy (non-hydrogen) atoms. The van der Waals surface area contributed by atoms with E-state index < -0.39 is 0 Å². The lowest BCUT2D eigenvalue weighted by atomic mass is 9.93. The lowest BCUT2D eigenvalue weighted by molar-refractivity contribution is 0.210. The predicted octanol–water partition coefficient (Wildman–Crippen LogP) is 2.96. The van der Waals surface area contributed by atoms with E-state index in [9.17, 15) is 0 Å². The normalized spacial score (nSPS) is 12.3. The Morgan fingerprint density at radius 3 is 2.65 bits per heavy atom. The van der Waals surface area contributed by atoms with E-state index >= 15 is 0 Å². The van der Waals surface area contributed by atoms with Crippen molar-refractivity contribution in [3.8, 4) is 0 Å². The maximum absolute atomic E-state index is 5.83. The number of pyridine rings is 1. The fourth-order valence-electron chi connectivity index (χ4n) is 2.67. The number of aryl methyl sites for hydroxylation is 1. The molecule has 0 aliphatic heterocycles. The van der Waals surface area contributed by atoms with Gasteiger partial charge in [-0.05, 0) is 43.6 Å². The highest BCUT2D eigenvalue weighted by Gasteiger charge is 2.18. The molecule has 1 aromatic heterocycles. The van der Waals surface area contributed by atoms with E-state index in [2.05, 4.69) is 62.0 Å². The second-order valence-corrected chi connectivity index (χ2v) is 6.48. The van der Waals surface area contributed by atoms with Crippen LogP contribution in [0.5, 0.6) is 0 Å². The van der Waals surface area contributed by atoms with Gasteiger partial charge in [-0.1, -0.05) is 32.0 Å². The van der Waals surface area contributed by atoms with Gasteiger partial charge in [0.1, 0.15) is 0 Å². The summed E-state index contributed by atoms with van der Waals surface area (Å²) >= 11 is 0. The van der Waals surface area contributed by atoms with Crippen LogP contribution in [0.4, 0.5) is 0 Å². The van der Waals surface area contributed by atoms with Gasteiger partial charge in [-0.25, -0.2) is 0 Å². The van der Waals surface area contributed by atoms with E-state index in [-0.39, 0.29) is 5.41 Å². The Morgan fingerprint density at radius 1 is 1.25 bits per heavy atom. The number of para-hydroxylation sites is 1. The molecule has 0 radical (unpaired) electrons. The molecule has 0 fully saturated rings. The third-order valence-corrected chi connectivity index (χ3v) is 3.62. The Bertz CT molecular complexity index is 590. The molecule has 1 aromatic carbocycles. The first-order valence-corrected chi connectivity index (χ1v) is 7.15. The van der Waals surface area contributed by atoms with Crippen LogP contribution in [-0.2, 0) is 6.54 Å². The number of rotatable bonds is 5. The van der Waals surface area contributed by atoms with Crippen LogP contribution in [0.2, 0.25) is 0 Å². The zero-order valence-corrected chi connectivity index (χ0v) is 13.0. The third kappa shape index (κ3) is 3.56. The molecule has 3 nitrogen and oxygen atoms in total. The molecule has 2 N–H and O–H groups in total. The van der Waals surface area contributed by atoms with Crippen LogP contribution < -0.4 is 5.73 Å².